The number of nitrogens with zero attached hydrogens (tertiary/aromatic N) is 10. The maximum absolute atomic E-state index is 14.4. The molecule has 7 fully saturated rings. The molecule has 50 nitrogen and oxygen atoms in total. The maximum Gasteiger partial charge on any atom is 0.271 e. The highest BCUT2D eigenvalue weighted by Gasteiger charge is 2.62. The Labute approximate surface area is 850 Å². The number of unbranched alkanes of at least 4 members (excludes halogenated alkanes) is 7. The number of hydrogen-bond donors (Lipinski definition) is 10. The van der Waals surface area contributed by atoms with Gasteiger partial charge in [0.15, 0.2) is 18.9 Å². The lowest BCUT2D eigenvalue weighted by Gasteiger charge is -2.42. The predicted octanol–water partition coefficient (Wildman–Crippen LogP) is -0.691. The number of carbonyl (C=O) groups is 6. The van der Waals surface area contributed by atoms with Gasteiger partial charge in [-0.05, 0) is 61.5 Å². The molecule has 15 atom stereocenters. The van der Waals surface area contributed by atoms with E-state index in [-0.39, 0.29) is 188 Å². The standard InChI is InChI=1S/C93H150N14O36S2/c1-66(108)95-77-80(114)83(117)91(63-138-86(77)141-91)60-129-44-41-126-38-35-123-32-29-120-26-22-105-49-70(99-102-105)54-132-57-90(58-133-55-71-50-106(103-100-71)23-27-121-30-33-124-36-39-127-42-45-130-61-92-64-139-87(142-92)78(96-67(2)109)81(115)84(92)118,59-134-56-72-51-107(104-101-72)24-28-122-31-34-125-37-40-128-43-46-131-62-93-65-140-88(143-93)79(97-68(3)110)82(116)85(93)119)98-75(113)19-11-5-4-8-16-73(111)17-9-6-14-25-135-89-136-52-69(53-137-89)48-74(112)18-10-7-15-47-144-145-76-20-12-13-21-94-76/h12-13,20-21,49-51,69,77-89,114-119H,4-11,14-19,22-48,52-65H2,1-3H3,(H,95,108)(H,96,109)(H,97,110)(H,98,113)/t69?,77-,78-,79-,80-,81-,82-,83-,84-,85-,86+,87+,88+,89?,91+,92+,93+/m1/s1. The van der Waals surface area contributed by atoms with Crippen LogP contribution in [0.5, 0.6) is 0 Å². The Morgan fingerprint density at radius 2 is 0.766 bits per heavy atom. The molecule has 0 aromatic carbocycles. The van der Waals surface area contributed by atoms with Gasteiger partial charge in [0.2, 0.25) is 23.6 Å². The molecule has 820 valence electrons. The molecule has 6 bridgehead atoms. The molecule has 7 aliphatic rings. The average molecular weight is 2100 g/mol. The zero-order valence-electron chi connectivity index (χ0n) is 83.2. The molecule has 0 saturated carbocycles. The third kappa shape index (κ3) is 41.4. The van der Waals surface area contributed by atoms with Crippen LogP contribution in [-0.2, 0) is 182 Å². The molecular formula is C93H150N14O36S2. The maximum atomic E-state index is 14.4. The number of pyridine rings is 1. The highest BCUT2D eigenvalue weighted by molar-refractivity contribution is 8.76. The summed E-state index contributed by atoms with van der Waals surface area (Å²) in [6, 6.07) is 3.13. The van der Waals surface area contributed by atoms with Crippen molar-refractivity contribution in [2.75, 3.05) is 224 Å². The van der Waals surface area contributed by atoms with Gasteiger partial charge >= 0.3 is 0 Å². The Morgan fingerprint density at radius 3 is 1.14 bits per heavy atom. The number of rotatable bonds is 82. The molecule has 0 aliphatic carbocycles. The van der Waals surface area contributed by atoms with E-state index in [1.165, 1.54) is 20.8 Å². The van der Waals surface area contributed by atoms with E-state index in [4.69, 9.17) is 114 Å². The molecule has 0 radical (unpaired) electrons. The molecule has 0 unspecified atom stereocenters. The molecule has 52 heteroatoms. The van der Waals surface area contributed by atoms with Gasteiger partial charge in [-0.1, -0.05) is 58.2 Å². The van der Waals surface area contributed by atoms with Gasteiger partial charge in [-0.3, -0.25) is 28.8 Å². The van der Waals surface area contributed by atoms with E-state index < -0.39 is 120 Å². The zero-order valence-corrected chi connectivity index (χ0v) is 84.9. The van der Waals surface area contributed by atoms with Crippen LogP contribution < -0.4 is 21.3 Å². The van der Waals surface area contributed by atoms with Gasteiger partial charge in [0, 0.05) is 70.7 Å². The quantitative estimate of drug-likeness (QED) is 0.0193. The van der Waals surface area contributed by atoms with Gasteiger partial charge in [0.05, 0.1) is 276 Å². The third-order valence-corrected chi connectivity index (χ3v) is 26.8. The second kappa shape index (κ2) is 65.5. The smallest absolute Gasteiger partial charge is 0.271 e. The summed E-state index contributed by atoms with van der Waals surface area (Å²) >= 11 is 0. The molecule has 7 saturated heterocycles. The molecule has 4 aromatic rings. The largest absolute Gasteiger partial charge is 0.388 e. The first-order valence-electron chi connectivity index (χ1n) is 50.0. The van der Waals surface area contributed by atoms with Crippen LogP contribution in [0.2, 0.25) is 0 Å². The first-order valence-corrected chi connectivity index (χ1v) is 52.3. The summed E-state index contributed by atoms with van der Waals surface area (Å²) in [5.74, 6) is -0.0785. The van der Waals surface area contributed by atoms with E-state index in [0.717, 1.165) is 55.7 Å². The lowest BCUT2D eigenvalue weighted by atomic mass is 9.88. The summed E-state index contributed by atoms with van der Waals surface area (Å²) in [5.41, 5.74) is -3.71. The van der Waals surface area contributed by atoms with Gasteiger partial charge in [-0.25, -0.2) is 19.0 Å². The summed E-state index contributed by atoms with van der Waals surface area (Å²) in [6.45, 7) is 10.2. The van der Waals surface area contributed by atoms with E-state index >= 15 is 0 Å². The average Bonchev–Trinajstić information content (AvgIpc) is 1.61. The molecule has 11 heterocycles. The number of amides is 4. The molecule has 7 aliphatic heterocycles. The third-order valence-electron chi connectivity index (χ3n) is 24.4. The summed E-state index contributed by atoms with van der Waals surface area (Å²) in [6.07, 6.45) is 6.01. The van der Waals surface area contributed by atoms with E-state index in [1.54, 1.807) is 60.4 Å². The Hall–Kier alpha value is -6.71. The number of aliphatic hydroxyl groups excluding tert-OH is 6. The Morgan fingerprint density at radius 1 is 0.414 bits per heavy atom. The summed E-state index contributed by atoms with van der Waals surface area (Å²) in [4.78, 5) is 79.4. The number of carbonyl (C=O) groups excluding carboxylic acids is 6. The summed E-state index contributed by atoms with van der Waals surface area (Å²) in [7, 11) is 3.45. The van der Waals surface area contributed by atoms with Crippen LogP contribution in [0.25, 0.3) is 0 Å². The van der Waals surface area contributed by atoms with Crippen molar-refractivity contribution >= 4 is 56.8 Å². The SMILES string of the molecule is CC(=O)N[C@H]1[C@H]2OC[C@](COCCOCCOCCOCCn3cc(COCC(COCc4cn(CCOCCOCCOCCOC[C@@]56CO[C@@H](O5)[C@H](NC(C)=O)[C@@H](O)[C@H]6O)nn4)(COCc4cn(CCOCCOCCOCCOC[C@@]56CO[C@@H](O5)[C@H](NC(C)=O)[C@@H](O)[C@H]6O)nn4)NC(=O)CCCCCCC(=O)CCCCCOC4OCC(CC(=O)CCCCCSSc5ccccn5)CO4)nn3)(O2)[C@H](O)[C@@H]1O. The van der Waals surface area contributed by atoms with E-state index in [0.29, 0.717) is 161 Å². The molecule has 0 spiro atoms. The van der Waals surface area contributed by atoms with Crippen molar-refractivity contribution < 1.29 is 173 Å². The van der Waals surface area contributed by atoms with Gasteiger partial charge in [0.1, 0.15) is 111 Å². The van der Waals surface area contributed by atoms with Crippen molar-refractivity contribution in [3.8, 4) is 0 Å². The van der Waals surface area contributed by atoms with Crippen LogP contribution in [0.3, 0.4) is 0 Å². The van der Waals surface area contributed by atoms with Crippen molar-refractivity contribution in [2.45, 2.75) is 264 Å². The number of fused-ring (bicyclic) bond motifs is 6. The van der Waals surface area contributed by atoms with Crippen molar-refractivity contribution in [3.05, 3.63) is 60.1 Å². The molecule has 4 aromatic heterocycles. The minimum atomic E-state index is -1.35. The fraction of sp³-hybridized carbons (Fsp3) is 0.817. The number of hydrogen-bond acceptors (Lipinski definition) is 45. The molecule has 4 amide bonds. The van der Waals surface area contributed by atoms with E-state index in [1.807, 2.05) is 18.2 Å². The van der Waals surface area contributed by atoms with Crippen LogP contribution >= 0.6 is 21.6 Å². The number of aliphatic hydroxyl groups is 6. The Bertz CT molecular complexity index is 4010. The Kier molecular flexibility index (Phi) is 53.6. The van der Waals surface area contributed by atoms with Crippen LogP contribution in [0.1, 0.15) is 134 Å². The molecule has 11 rings (SSSR count). The predicted molar refractivity (Wildman–Crippen MR) is 506 cm³/mol. The molecule has 145 heavy (non-hydrogen) atoms. The van der Waals surface area contributed by atoms with Gasteiger partial charge in [0.25, 0.3) is 6.48 Å². The highest BCUT2D eigenvalue weighted by atomic mass is 33.1. The van der Waals surface area contributed by atoms with Crippen molar-refractivity contribution in [1.82, 2.24) is 71.2 Å². The minimum absolute atomic E-state index is 0.00287. The lowest BCUT2D eigenvalue weighted by Crippen LogP contribution is -2.66. The number of nitrogens with one attached hydrogen (secondary N) is 4. The highest BCUT2D eigenvalue weighted by Crippen LogP contribution is 2.41. The Balaban J connectivity index is 0.601. The first kappa shape index (κ1) is 119. The van der Waals surface area contributed by atoms with Crippen molar-refractivity contribution in [2.24, 2.45) is 5.92 Å². The monoisotopic (exact) mass is 2100 g/mol. The molecule has 10 N–H and O–H groups in total. The van der Waals surface area contributed by atoms with Gasteiger partial charge in [-0.15, -0.1) is 15.3 Å². The normalized spacial score (nSPS) is 25.4. The minimum Gasteiger partial charge on any atom is -0.388 e. The lowest BCUT2D eigenvalue weighted by molar-refractivity contribution is -0.322. The number of ether oxygens (including phenoxy) is 24. The fourth-order valence-corrected chi connectivity index (χ4v) is 18.8. The zero-order chi connectivity index (χ0) is 103. The van der Waals surface area contributed by atoms with Crippen molar-refractivity contribution in [3.63, 3.8) is 0 Å². The topological polar surface area (TPSA) is 598 Å². The van der Waals surface area contributed by atoms with Crippen LogP contribution in [-0.4, -0.2) is 442 Å². The fourth-order valence-electron chi connectivity index (χ4n) is 16.8. The second-order valence-electron chi connectivity index (χ2n) is 36.5. The van der Waals surface area contributed by atoms with Crippen LogP contribution in [0.4, 0.5) is 0 Å². The van der Waals surface area contributed by atoms with Gasteiger partial charge in [-0.2, -0.15) is 0 Å². The van der Waals surface area contributed by atoms with Crippen molar-refractivity contribution in [1.29, 1.82) is 0 Å². The second-order valence-corrected chi connectivity index (χ2v) is 39.0. The van der Waals surface area contributed by atoms with Gasteiger partial charge < -0.3 is 166 Å². The number of Topliss-reactive ketones (excluding diaryl/α,β-unsaturated/α-hetero) is 2. The van der Waals surface area contributed by atoms with E-state index in [9.17, 15) is 59.4 Å². The number of ketones is 2. The summed E-state index contributed by atoms with van der Waals surface area (Å²) < 4.78 is 145. The van der Waals surface area contributed by atoms with Crippen LogP contribution in [0.15, 0.2) is 48.0 Å². The number of aromatic nitrogens is 10. The molecular weight excluding hydrogens is 1950 g/mol. The first-order chi connectivity index (χ1) is 70.5. The van der Waals surface area contributed by atoms with E-state index in [2.05, 4.69) is 57.2 Å². The van der Waals surface area contributed by atoms with Crippen LogP contribution in [0, 0.1) is 5.92 Å². The summed E-state index contributed by atoms with van der Waals surface area (Å²) in [5, 5.41) is 102.